The van der Waals surface area contributed by atoms with Gasteiger partial charge < -0.3 is 15.4 Å². The first kappa shape index (κ1) is 23.5. The van der Waals surface area contributed by atoms with Crippen molar-refractivity contribution < 1.29 is 14.3 Å². The van der Waals surface area contributed by atoms with Crippen molar-refractivity contribution in [2.75, 3.05) is 0 Å². The second-order valence-electron chi connectivity index (χ2n) is 8.44. The van der Waals surface area contributed by atoms with Gasteiger partial charge in [-0.3, -0.25) is 9.59 Å². The second-order valence-corrected chi connectivity index (χ2v) is 8.44. The standard InChI is InChI=1S/C25H34N2O3/c1-16(2)15-23(27-24(28)22-10-8-7-9-18(22)5)25(29)26-19(6)20-11-13-21(14-12-20)30-17(3)4/h7-14,16-17,19,23H,15H2,1-6H3,(H,26,29)(H,27,28). The van der Waals surface area contributed by atoms with Crippen molar-refractivity contribution in [3.05, 3.63) is 65.2 Å². The number of hydrogen-bond acceptors (Lipinski definition) is 3. The van der Waals surface area contributed by atoms with E-state index >= 15 is 0 Å². The first-order valence-corrected chi connectivity index (χ1v) is 10.6. The zero-order valence-corrected chi connectivity index (χ0v) is 18.9. The molecule has 0 aliphatic heterocycles. The molecule has 0 aromatic heterocycles. The Labute approximate surface area is 180 Å². The van der Waals surface area contributed by atoms with E-state index in [0.29, 0.717) is 12.0 Å². The van der Waals surface area contributed by atoms with Crippen LogP contribution in [-0.2, 0) is 4.79 Å². The number of amides is 2. The summed E-state index contributed by atoms with van der Waals surface area (Å²) in [5.74, 6) is 0.661. The molecular formula is C25H34N2O3. The molecule has 0 spiro atoms. The highest BCUT2D eigenvalue weighted by molar-refractivity contribution is 5.98. The Morgan fingerprint density at radius 2 is 1.53 bits per heavy atom. The SMILES string of the molecule is Cc1ccccc1C(=O)NC(CC(C)C)C(=O)NC(C)c1ccc(OC(C)C)cc1. The van der Waals surface area contributed by atoms with Crippen molar-refractivity contribution in [1.82, 2.24) is 10.6 Å². The summed E-state index contributed by atoms with van der Waals surface area (Å²) in [5, 5.41) is 5.96. The zero-order chi connectivity index (χ0) is 22.3. The summed E-state index contributed by atoms with van der Waals surface area (Å²) in [6.45, 7) is 11.9. The Kier molecular flexibility index (Phi) is 8.46. The molecule has 162 valence electrons. The molecule has 2 N–H and O–H groups in total. The van der Waals surface area contributed by atoms with Crippen molar-refractivity contribution in [3.63, 3.8) is 0 Å². The van der Waals surface area contributed by atoms with Gasteiger partial charge in [-0.05, 0) is 69.4 Å². The number of aryl methyl sites for hydroxylation is 1. The molecule has 2 aromatic rings. The number of nitrogens with one attached hydrogen (secondary N) is 2. The average Bonchev–Trinajstić information content (AvgIpc) is 2.67. The zero-order valence-electron chi connectivity index (χ0n) is 18.9. The summed E-state index contributed by atoms with van der Waals surface area (Å²) in [7, 11) is 0. The summed E-state index contributed by atoms with van der Waals surface area (Å²) in [6, 6.07) is 14.3. The number of benzene rings is 2. The third-order valence-electron chi connectivity index (χ3n) is 4.83. The molecule has 0 aliphatic carbocycles. The molecule has 2 rings (SSSR count). The van der Waals surface area contributed by atoms with Crippen LogP contribution in [0.1, 0.15) is 68.6 Å². The van der Waals surface area contributed by atoms with Gasteiger partial charge in [-0.15, -0.1) is 0 Å². The van der Waals surface area contributed by atoms with Crippen LogP contribution in [0.3, 0.4) is 0 Å². The lowest BCUT2D eigenvalue weighted by molar-refractivity contribution is -0.124. The van der Waals surface area contributed by atoms with E-state index in [2.05, 4.69) is 10.6 Å². The first-order chi connectivity index (χ1) is 14.2. The number of hydrogen-bond donors (Lipinski definition) is 2. The van der Waals surface area contributed by atoms with Gasteiger partial charge in [-0.1, -0.05) is 44.2 Å². The molecule has 0 saturated carbocycles. The Morgan fingerprint density at radius 3 is 2.10 bits per heavy atom. The van der Waals surface area contributed by atoms with Crippen LogP contribution in [0.4, 0.5) is 0 Å². The lowest BCUT2D eigenvalue weighted by Crippen LogP contribution is -2.48. The van der Waals surface area contributed by atoms with Crippen LogP contribution in [0.15, 0.2) is 48.5 Å². The molecule has 0 aliphatic rings. The van der Waals surface area contributed by atoms with E-state index in [9.17, 15) is 9.59 Å². The van der Waals surface area contributed by atoms with E-state index in [1.165, 1.54) is 0 Å². The van der Waals surface area contributed by atoms with Gasteiger partial charge in [0.25, 0.3) is 5.91 Å². The molecule has 5 nitrogen and oxygen atoms in total. The van der Waals surface area contributed by atoms with Crippen molar-refractivity contribution in [3.8, 4) is 5.75 Å². The number of carbonyl (C=O) groups is 2. The summed E-state index contributed by atoms with van der Waals surface area (Å²) < 4.78 is 5.67. The van der Waals surface area contributed by atoms with Gasteiger partial charge >= 0.3 is 0 Å². The fraction of sp³-hybridized carbons (Fsp3) is 0.440. The van der Waals surface area contributed by atoms with Crippen LogP contribution >= 0.6 is 0 Å². The predicted molar refractivity (Wildman–Crippen MR) is 121 cm³/mol. The molecule has 2 unspecified atom stereocenters. The average molecular weight is 411 g/mol. The Balaban J connectivity index is 2.07. The van der Waals surface area contributed by atoms with Crippen LogP contribution < -0.4 is 15.4 Å². The third kappa shape index (κ3) is 6.90. The maximum atomic E-state index is 13.0. The minimum atomic E-state index is -0.594. The third-order valence-corrected chi connectivity index (χ3v) is 4.83. The van der Waals surface area contributed by atoms with Gasteiger partial charge in [0.15, 0.2) is 0 Å². The minimum absolute atomic E-state index is 0.113. The predicted octanol–water partition coefficient (Wildman–Crippen LogP) is 4.80. The van der Waals surface area contributed by atoms with Gasteiger partial charge in [-0.2, -0.15) is 0 Å². The first-order valence-electron chi connectivity index (χ1n) is 10.6. The Hall–Kier alpha value is -2.82. The summed E-state index contributed by atoms with van der Waals surface area (Å²) >= 11 is 0. The van der Waals surface area contributed by atoms with Crippen LogP contribution in [0.2, 0.25) is 0 Å². The van der Waals surface area contributed by atoms with E-state index in [-0.39, 0.29) is 29.9 Å². The molecule has 2 amide bonds. The van der Waals surface area contributed by atoms with Crippen molar-refractivity contribution >= 4 is 11.8 Å². The lowest BCUT2D eigenvalue weighted by atomic mass is 10.0. The van der Waals surface area contributed by atoms with Gasteiger partial charge in [0.1, 0.15) is 11.8 Å². The van der Waals surface area contributed by atoms with E-state index in [1.54, 1.807) is 6.07 Å². The molecule has 2 atom stereocenters. The van der Waals surface area contributed by atoms with E-state index in [0.717, 1.165) is 16.9 Å². The maximum absolute atomic E-state index is 13.0. The topological polar surface area (TPSA) is 67.4 Å². The Morgan fingerprint density at radius 1 is 0.900 bits per heavy atom. The van der Waals surface area contributed by atoms with E-state index in [1.807, 2.05) is 84.0 Å². The molecule has 0 radical (unpaired) electrons. The Bertz CT molecular complexity index is 844. The number of rotatable bonds is 9. The fourth-order valence-corrected chi connectivity index (χ4v) is 3.27. The highest BCUT2D eigenvalue weighted by atomic mass is 16.5. The van der Waals surface area contributed by atoms with Crippen LogP contribution in [0.5, 0.6) is 5.75 Å². The molecule has 2 aromatic carbocycles. The van der Waals surface area contributed by atoms with Gasteiger partial charge in [0.05, 0.1) is 12.1 Å². The number of carbonyl (C=O) groups excluding carboxylic acids is 2. The summed E-state index contributed by atoms with van der Waals surface area (Å²) in [6.07, 6.45) is 0.679. The quantitative estimate of drug-likeness (QED) is 0.624. The fourth-order valence-electron chi connectivity index (χ4n) is 3.27. The lowest BCUT2D eigenvalue weighted by Gasteiger charge is -2.23. The molecule has 0 bridgehead atoms. The largest absolute Gasteiger partial charge is 0.491 e. The maximum Gasteiger partial charge on any atom is 0.252 e. The van der Waals surface area contributed by atoms with Crippen molar-refractivity contribution in [2.45, 2.75) is 66.2 Å². The van der Waals surface area contributed by atoms with Crippen LogP contribution in [0.25, 0.3) is 0 Å². The van der Waals surface area contributed by atoms with Gasteiger partial charge in [0, 0.05) is 5.56 Å². The summed E-state index contributed by atoms with van der Waals surface area (Å²) in [4.78, 5) is 25.7. The van der Waals surface area contributed by atoms with E-state index in [4.69, 9.17) is 4.74 Å². The van der Waals surface area contributed by atoms with Crippen molar-refractivity contribution in [1.29, 1.82) is 0 Å². The highest BCUT2D eigenvalue weighted by Gasteiger charge is 2.24. The molecule has 0 saturated heterocycles. The smallest absolute Gasteiger partial charge is 0.252 e. The normalized spacial score (nSPS) is 13.1. The molecular weight excluding hydrogens is 376 g/mol. The number of ether oxygens (including phenoxy) is 1. The van der Waals surface area contributed by atoms with Crippen LogP contribution in [-0.4, -0.2) is 24.0 Å². The molecule has 30 heavy (non-hydrogen) atoms. The molecule has 0 heterocycles. The summed E-state index contributed by atoms with van der Waals surface area (Å²) in [5.41, 5.74) is 2.46. The molecule has 5 heteroatoms. The second kappa shape index (κ2) is 10.8. The van der Waals surface area contributed by atoms with Crippen molar-refractivity contribution in [2.24, 2.45) is 5.92 Å². The monoisotopic (exact) mass is 410 g/mol. The highest BCUT2D eigenvalue weighted by Crippen LogP contribution is 2.19. The minimum Gasteiger partial charge on any atom is -0.491 e. The van der Waals surface area contributed by atoms with Gasteiger partial charge in [-0.25, -0.2) is 0 Å². The van der Waals surface area contributed by atoms with Crippen LogP contribution in [0, 0.1) is 12.8 Å². The molecule has 0 fully saturated rings. The van der Waals surface area contributed by atoms with E-state index < -0.39 is 6.04 Å². The van der Waals surface area contributed by atoms with Gasteiger partial charge in [0.2, 0.25) is 5.91 Å².